The molecule has 0 N–H and O–H groups in total. The van der Waals surface area contributed by atoms with Crippen LogP contribution in [0.5, 0.6) is 0 Å². The molecule has 5 nitrogen and oxygen atoms in total. The fourth-order valence-corrected chi connectivity index (χ4v) is 3.49. The number of rotatable bonds is 2. The van der Waals surface area contributed by atoms with Crippen molar-refractivity contribution in [3.8, 4) is 11.1 Å². The number of aromatic nitrogens is 3. The Morgan fingerprint density at radius 3 is 2.62 bits per heavy atom. The van der Waals surface area contributed by atoms with Gasteiger partial charge in [0.2, 0.25) is 0 Å². The molecule has 1 amide bonds. The van der Waals surface area contributed by atoms with E-state index in [4.69, 9.17) is 0 Å². The van der Waals surface area contributed by atoms with Crippen LogP contribution in [0.1, 0.15) is 29.1 Å². The molecule has 2 aromatic heterocycles. The molecule has 0 fully saturated rings. The molecule has 26 heavy (non-hydrogen) atoms. The summed E-state index contributed by atoms with van der Waals surface area (Å²) in [5.74, 6) is -0.0256. The van der Waals surface area contributed by atoms with Crippen molar-refractivity contribution in [3.05, 3.63) is 64.7 Å². The number of nitrogens with zero attached hydrogens (tertiary/aromatic N) is 4. The first-order chi connectivity index (χ1) is 12.0. The highest BCUT2D eigenvalue weighted by Gasteiger charge is 2.33. The van der Waals surface area contributed by atoms with E-state index in [1.807, 2.05) is 52.9 Å². The van der Waals surface area contributed by atoms with Crippen LogP contribution in [0.3, 0.4) is 0 Å². The largest absolute Gasteiger partial charge is 0.305 e. The average molecular weight is 431 g/mol. The van der Waals surface area contributed by atoms with E-state index >= 15 is 0 Å². The van der Waals surface area contributed by atoms with Gasteiger partial charge in [-0.15, -0.1) is 0 Å². The maximum Gasteiger partial charge on any atom is 0.277 e. The smallest absolute Gasteiger partial charge is 0.277 e. The van der Waals surface area contributed by atoms with E-state index < -0.39 is 0 Å². The Morgan fingerprint density at radius 2 is 1.92 bits per heavy atom. The molecule has 0 unspecified atom stereocenters. The van der Waals surface area contributed by atoms with E-state index in [-0.39, 0.29) is 25.4 Å². The van der Waals surface area contributed by atoms with Gasteiger partial charge in [-0.25, -0.2) is 0 Å². The van der Waals surface area contributed by atoms with Gasteiger partial charge in [0, 0.05) is 34.2 Å². The number of halogens is 1. The summed E-state index contributed by atoms with van der Waals surface area (Å²) in [5, 5.41) is 4.48. The molecule has 3 heterocycles. The predicted molar refractivity (Wildman–Crippen MR) is 111 cm³/mol. The van der Waals surface area contributed by atoms with Gasteiger partial charge < -0.3 is 4.90 Å². The number of pyridine rings is 1. The second-order valence-electron chi connectivity index (χ2n) is 6.28. The maximum atomic E-state index is 13.2. The van der Waals surface area contributed by atoms with E-state index in [0.717, 1.165) is 27.0 Å². The van der Waals surface area contributed by atoms with Gasteiger partial charge in [0.05, 0.1) is 12.2 Å². The molecule has 0 spiro atoms. The van der Waals surface area contributed by atoms with Crippen molar-refractivity contribution < 1.29 is 4.79 Å². The summed E-state index contributed by atoms with van der Waals surface area (Å²) >= 11 is 3.44. The predicted octanol–water partition coefficient (Wildman–Crippen LogP) is 4.35. The quantitative estimate of drug-likeness (QED) is 0.606. The van der Waals surface area contributed by atoms with Gasteiger partial charge in [0.1, 0.15) is 5.69 Å². The summed E-state index contributed by atoms with van der Waals surface area (Å²) in [6.07, 6.45) is 3.54. The van der Waals surface area contributed by atoms with Gasteiger partial charge in [-0.3, -0.25) is 14.5 Å². The second kappa shape index (κ2) is 7.25. The van der Waals surface area contributed by atoms with Crippen LogP contribution in [0.15, 0.2) is 53.3 Å². The van der Waals surface area contributed by atoms with Gasteiger partial charge in [0.15, 0.2) is 0 Å². The molecule has 0 aliphatic carbocycles. The number of benzene rings is 1. The molecule has 0 radical (unpaired) electrons. The third-order valence-electron chi connectivity index (χ3n) is 4.45. The van der Waals surface area contributed by atoms with Crippen LogP contribution in [0, 0.1) is 6.92 Å². The van der Waals surface area contributed by atoms with E-state index in [0.29, 0.717) is 12.2 Å². The lowest BCUT2D eigenvalue weighted by atomic mass is 10.0. The first-order valence-electron chi connectivity index (χ1n) is 8.12. The summed E-state index contributed by atoms with van der Waals surface area (Å²) < 4.78 is 2.83. The second-order valence-corrected chi connectivity index (χ2v) is 7.19. The van der Waals surface area contributed by atoms with Crippen LogP contribution >= 0.6 is 29.4 Å². The Balaban J connectivity index is 0.00000196. The molecule has 7 heteroatoms. The number of anilines is 1. The first kappa shape index (κ1) is 18.7. The Bertz CT molecular complexity index is 954. The Hall–Kier alpha value is -2.12. The minimum absolute atomic E-state index is 0. The lowest BCUT2D eigenvalue weighted by molar-refractivity contribution is 0.0954. The minimum Gasteiger partial charge on any atom is -0.305 e. The van der Waals surface area contributed by atoms with Crippen molar-refractivity contribution in [2.75, 3.05) is 11.4 Å². The molecule has 1 aliphatic rings. The fraction of sp³-hybridized carbons (Fsp3) is 0.211. The summed E-state index contributed by atoms with van der Waals surface area (Å²) in [5.41, 5.74) is 4.26. The zero-order valence-electron chi connectivity index (χ0n) is 14.5. The third-order valence-corrected chi connectivity index (χ3v) is 4.98. The number of amides is 1. The average Bonchev–Trinajstić information content (AvgIpc) is 3.05. The van der Waals surface area contributed by atoms with Crippen molar-refractivity contribution in [1.29, 1.82) is 0 Å². The number of hydrogen-bond acceptors (Lipinski definition) is 3. The molecule has 1 aromatic carbocycles. The van der Waals surface area contributed by atoms with Crippen molar-refractivity contribution >= 4 is 41.0 Å². The maximum absolute atomic E-state index is 13.2. The molecule has 4 rings (SSSR count). The molecule has 1 aliphatic heterocycles. The van der Waals surface area contributed by atoms with Crippen molar-refractivity contribution in [1.82, 2.24) is 14.8 Å². The van der Waals surface area contributed by atoms with Gasteiger partial charge >= 0.3 is 0 Å². The van der Waals surface area contributed by atoms with E-state index in [1.165, 1.54) is 0 Å². The van der Waals surface area contributed by atoms with Crippen LogP contribution in [0.4, 0.5) is 5.69 Å². The molecule has 0 saturated carbocycles. The summed E-state index contributed by atoms with van der Waals surface area (Å²) in [6, 6.07) is 11.8. The minimum atomic E-state index is -0.0256. The van der Waals surface area contributed by atoms with Crippen LogP contribution in [0.25, 0.3) is 11.1 Å². The molecule has 134 valence electrons. The van der Waals surface area contributed by atoms with E-state index in [2.05, 4.69) is 32.9 Å². The van der Waals surface area contributed by atoms with Gasteiger partial charge in [-0.2, -0.15) is 18.6 Å². The van der Waals surface area contributed by atoms with Crippen molar-refractivity contribution in [2.45, 2.75) is 19.9 Å². The molecular formula is C19H19BrN4OS. The Kier molecular flexibility index (Phi) is 5.20. The zero-order valence-corrected chi connectivity index (χ0v) is 17.1. The monoisotopic (exact) mass is 430 g/mol. The van der Waals surface area contributed by atoms with Crippen molar-refractivity contribution in [3.63, 3.8) is 0 Å². The van der Waals surface area contributed by atoms with Crippen LogP contribution < -0.4 is 4.90 Å². The summed E-state index contributed by atoms with van der Waals surface area (Å²) in [7, 11) is 0. The lowest BCUT2D eigenvalue weighted by Crippen LogP contribution is -2.42. The van der Waals surface area contributed by atoms with Crippen molar-refractivity contribution in [2.24, 2.45) is 0 Å². The SMILES string of the molecule is Cc1cc(-c2cnn3c2C(=O)N(c2ccc(Br)cc2)C[C@@H]3C)ccn1.S. The fourth-order valence-electron chi connectivity index (χ4n) is 3.23. The van der Waals surface area contributed by atoms with Crippen LogP contribution in [-0.4, -0.2) is 27.2 Å². The lowest BCUT2D eigenvalue weighted by Gasteiger charge is -2.32. The number of hydrogen-bond donors (Lipinski definition) is 0. The number of carbonyl (C=O) groups is 1. The van der Waals surface area contributed by atoms with Crippen LogP contribution in [-0.2, 0) is 0 Å². The molecule has 0 bridgehead atoms. The van der Waals surface area contributed by atoms with E-state index in [1.54, 1.807) is 12.4 Å². The Labute approximate surface area is 167 Å². The highest BCUT2D eigenvalue weighted by atomic mass is 79.9. The number of fused-ring (bicyclic) bond motifs is 1. The number of aryl methyl sites for hydroxylation is 1. The summed E-state index contributed by atoms with van der Waals surface area (Å²) in [4.78, 5) is 19.3. The Morgan fingerprint density at radius 1 is 1.19 bits per heavy atom. The summed E-state index contributed by atoms with van der Waals surface area (Å²) in [6.45, 7) is 4.62. The van der Waals surface area contributed by atoms with Gasteiger partial charge in [-0.05, 0) is 55.8 Å². The molecule has 0 saturated heterocycles. The highest BCUT2D eigenvalue weighted by molar-refractivity contribution is 9.10. The highest BCUT2D eigenvalue weighted by Crippen LogP contribution is 2.33. The molecule has 1 atom stereocenters. The standard InChI is InChI=1S/C19H17BrN4O.H2S/c1-12-9-14(7-8-21-12)17-10-22-24-13(2)11-23(19(25)18(17)24)16-5-3-15(20)4-6-16;/h3-10,13H,11H2,1-2H3;1H2/t13-;/m0./s1. The van der Waals surface area contributed by atoms with Gasteiger partial charge in [0.25, 0.3) is 5.91 Å². The normalized spacial score (nSPS) is 16.2. The zero-order chi connectivity index (χ0) is 17.6. The number of carbonyl (C=O) groups excluding carboxylic acids is 1. The topological polar surface area (TPSA) is 51.0 Å². The van der Waals surface area contributed by atoms with E-state index in [9.17, 15) is 4.79 Å². The van der Waals surface area contributed by atoms with Crippen LogP contribution in [0.2, 0.25) is 0 Å². The molecule has 3 aromatic rings. The molecular weight excluding hydrogens is 412 g/mol. The third kappa shape index (κ3) is 3.17. The first-order valence-corrected chi connectivity index (χ1v) is 8.92. The van der Waals surface area contributed by atoms with Gasteiger partial charge in [-0.1, -0.05) is 15.9 Å².